The molecule has 1 aromatic carbocycles. The van der Waals surface area contributed by atoms with Gasteiger partial charge in [-0.15, -0.1) is 12.4 Å². The van der Waals surface area contributed by atoms with Crippen LogP contribution in [0.3, 0.4) is 0 Å². The minimum Gasteiger partial charge on any atom is -0.316 e. The van der Waals surface area contributed by atoms with E-state index in [1.165, 1.54) is 23.3 Å². The van der Waals surface area contributed by atoms with Crippen molar-refractivity contribution in [3.05, 3.63) is 62.0 Å². The Bertz CT molecular complexity index is 687. The number of halogens is 2. The second-order valence-electron chi connectivity index (χ2n) is 6.15. The van der Waals surface area contributed by atoms with Crippen molar-refractivity contribution in [1.29, 1.82) is 0 Å². The van der Waals surface area contributed by atoms with E-state index in [1.807, 2.05) is 30.3 Å². The standard InChI is InChI=1S/C17H20ClN3O2S.ClH/c18-15-3-1-13(2-4-15)10-20(11-14-7-8-19-9-14)12-16-5-6-17(24-16)21(22)23;/h1-6,14,19H,7-12H2;1H. The molecular weight excluding hydrogens is 381 g/mol. The van der Waals surface area contributed by atoms with E-state index in [9.17, 15) is 10.1 Å². The summed E-state index contributed by atoms with van der Waals surface area (Å²) in [6, 6.07) is 11.4. The molecule has 1 atom stereocenters. The van der Waals surface area contributed by atoms with Crippen molar-refractivity contribution in [2.24, 2.45) is 5.92 Å². The molecule has 136 valence electrons. The fourth-order valence-electron chi connectivity index (χ4n) is 3.04. The molecule has 3 rings (SSSR count). The van der Waals surface area contributed by atoms with E-state index >= 15 is 0 Å². The second-order valence-corrected chi connectivity index (χ2v) is 7.74. The summed E-state index contributed by atoms with van der Waals surface area (Å²) in [5.74, 6) is 0.632. The van der Waals surface area contributed by atoms with Crippen LogP contribution < -0.4 is 5.32 Å². The molecule has 1 aliphatic rings. The highest BCUT2D eigenvalue weighted by atomic mass is 35.5. The highest BCUT2D eigenvalue weighted by molar-refractivity contribution is 7.15. The van der Waals surface area contributed by atoms with Crippen molar-refractivity contribution in [2.45, 2.75) is 19.5 Å². The molecule has 1 saturated heterocycles. The summed E-state index contributed by atoms with van der Waals surface area (Å²) in [4.78, 5) is 14.0. The van der Waals surface area contributed by atoms with Gasteiger partial charge in [0.1, 0.15) is 0 Å². The maximum atomic E-state index is 10.9. The number of hydrogen-bond acceptors (Lipinski definition) is 5. The van der Waals surface area contributed by atoms with E-state index in [0.29, 0.717) is 5.92 Å². The van der Waals surface area contributed by atoms with Crippen LogP contribution in [0.1, 0.15) is 16.9 Å². The average molecular weight is 402 g/mol. The highest BCUT2D eigenvalue weighted by Gasteiger charge is 2.20. The SMILES string of the molecule is Cl.O=[N+]([O-])c1ccc(CN(Cc2ccc(Cl)cc2)CC2CCNC2)s1. The fourth-order valence-corrected chi connectivity index (χ4v) is 4.03. The Kier molecular flexibility index (Phi) is 7.65. The maximum Gasteiger partial charge on any atom is 0.324 e. The minimum absolute atomic E-state index is 0. The van der Waals surface area contributed by atoms with Gasteiger partial charge in [-0.2, -0.15) is 0 Å². The molecule has 1 aliphatic heterocycles. The lowest BCUT2D eigenvalue weighted by atomic mass is 10.1. The van der Waals surface area contributed by atoms with Gasteiger partial charge in [-0.05, 0) is 49.2 Å². The number of benzene rings is 1. The Morgan fingerprint density at radius 2 is 2.00 bits per heavy atom. The van der Waals surface area contributed by atoms with E-state index in [2.05, 4.69) is 10.2 Å². The maximum absolute atomic E-state index is 10.9. The first-order chi connectivity index (χ1) is 11.6. The number of nitro groups is 1. The molecule has 0 spiro atoms. The molecule has 1 N–H and O–H groups in total. The molecule has 0 amide bonds. The average Bonchev–Trinajstić information content (AvgIpc) is 3.21. The predicted octanol–water partition coefficient (Wildman–Crippen LogP) is 4.34. The van der Waals surface area contributed by atoms with Crippen molar-refractivity contribution in [1.82, 2.24) is 10.2 Å². The smallest absolute Gasteiger partial charge is 0.316 e. The first-order valence-electron chi connectivity index (χ1n) is 8.01. The van der Waals surface area contributed by atoms with Crippen molar-refractivity contribution in [2.75, 3.05) is 19.6 Å². The van der Waals surface area contributed by atoms with E-state index < -0.39 is 0 Å². The Morgan fingerprint density at radius 1 is 1.24 bits per heavy atom. The number of nitrogens with one attached hydrogen (secondary N) is 1. The minimum atomic E-state index is -0.321. The van der Waals surface area contributed by atoms with Gasteiger partial charge in [-0.25, -0.2) is 0 Å². The monoisotopic (exact) mass is 401 g/mol. The number of nitrogens with zero attached hydrogens (tertiary/aromatic N) is 2. The van der Waals surface area contributed by atoms with Crippen LogP contribution in [0.2, 0.25) is 5.02 Å². The van der Waals surface area contributed by atoms with E-state index in [-0.39, 0.29) is 22.3 Å². The van der Waals surface area contributed by atoms with Crippen molar-refractivity contribution in [3.8, 4) is 0 Å². The van der Waals surface area contributed by atoms with Crippen molar-refractivity contribution in [3.63, 3.8) is 0 Å². The molecule has 2 aromatic rings. The lowest BCUT2D eigenvalue weighted by molar-refractivity contribution is -0.380. The van der Waals surface area contributed by atoms with Gasteiger partial charge >= 0.3 is 5.00 Å². The summed E-state index contributed by atoms with van der Waals surface area (Å²) in [6.45, 7) is 4.66. The summed E-state index contributed by atoms with van der Waals surface area (Å²) >= 11 is 7.23. The van der Waals surface area contributed by atoms with E-state index in [1.54, 1.807) is 6.07 Å². The summed E-state index contributed by atoms with van der Waals surface area (Å²) < 4.78 is 0. The third-order valence-electron chi connectivity index (χ3n) is 4.21. The number of hydrogen-bond donors (Lipinski definition) is 1. The molecule has 0 saturated carbocycles. The van der Waals surface area contributed by atoms with Crippen LogP contribution in [-0.4, -0.2) is 29.5 Å². The molecular formula is C17H21Cl2N3O2S. The lowest BCUT2D eigenvalue weighted by Gasteiger charge is -2.25. The first kappa shape index (κ1) is 20.1. The molecule has 0 aliphatic carbocycles. The highest BCUT2D eigenvalue weighted by Crippen LogP contribution is 2.26. The van der Waals surface area contributed by atoms with Crippen molar-refractivity contribution >= 4 is 40.3 Å². The zero-order valence-corrected chi connectivity index (χ0v) is 16.1. The van der Waals surface area contributed by atoms with Crippen LogP contribution in [0.4, 0.5) is 5.00 Å². The molecule has 1 fully saturated rings. The van der Waals surface area contributed by atoms with E-state index in [0.717, 1.165) is 42.6 Å². The molecule has 2 heterocycles. The molecule has 5 nitrogen and oxygen atoms in total. The van der Waals surface area contributed by atoms with Gasteiger partial charge in [0.15, 0.2) is 0 Å². The number of rotatable bonds is 7. The molecule has 25 heavy (non-hydrogen) atoms. The summed E-state index contributed by atoms with van der Waals surface area (Å²) in [7, 11) is 0. The van der Waals surface area contributed by atoms with Gasteiger partial charge in [0, 0.05) is 35.6 Å². The quantitative estimate of drug-likeness (QED) is 0.553. The zero-order chi connectivity index (χ0) is 16.9. The van der Waals surface area contributed by atoms with Crippen LogP contribution in [0.25, 0.3) is 0 Å². The van der Waals surface area contributed by atoms with Crippen LogP contribution in [0.15, 0.2) is 36.4 Å². The second kappa shape index (κ2) is 9.50. The van der Waals surface area contributed by atoms with Gasteiger partial charge in [-0.3, -0.25) is 15.0 Å². The van der Waals surface area contributed by atoms with Crippen molar-refractivity contribution < 1.29 is 4.92 Å². The molecule has 8 heteroatoms. The van der Waals surface area contributed by atoms with Gasteiger partial charge < -0.3 is 5.32 Å². The number of thiophene rings is 1. The fraction of sp³-hybridized carbons (Fsp3) is 0.412. The predicted molar refractivity (Wildman–Crippen MR) is 105 cm³/mol. The molecule has 0 bridgehead atoms. The summed E-state index contributed by atoms with van der Waals surface area (Å²) in [5.41, 5.74) is 1.21. The Morgan fingerprint density at radius 3 is 2.60 bits per heavy atom. The van der Waals surface area contributed by atoms with Gasteiger partial charge in [0.25, 0.3) is 0 Å². The normalized spacial score (nSPS) is 16.8. The van der Waals surface area contributed by atoms with Crippen LogP contribution in [0, 0.1) is 16.0 Å². The van der Waals surface area contributed by atoms with Gasteiger partial charge in [0.05, 0.1) is 4.92 Å². The van der Waals surface area contributed by atoms with Crippen LogP contribution >= 0.6 is 35.3 Å². The Hall–Kier alpha value is -1.18. The van der Waals surface area contributed by atoms with E-state index in [4.69, 9.17) is 11.6 Å². The Labute approximate surface area is 162 Å². The molecule has 1 aromatic heterocycles. The third kappa shape index (κ3) is 5.94. The lowest BCUT2D eigenvalue weighted by Crippen LogP contribution is -2.29. The van der Waals surface area contributed by atoms with Crippen LogP contribution in [0.5, 0.6) is 0 Å². The topological polar surface area (TPSA) is 58.4 Å². The zero-order valence-electron chi connectivity index (χ0n) is 13.7. The molecule has 0 radical (unpaired) electrons. The summed E-state index contributed by atoms with van der Waals surface area (Å²) in [6.07, 6.45) is 1.18. The van der Waals surface area contributed by atoms with Gasteiger partial charge in [0.2, 0.25) is 0 Å². The first-order valence-corrected chi connectivity index (χ1v) is 9.20. The third-order valence-corrected chi connectivity index (χ3v) is 5.48. The Balaban J connectivity index is 0.00000225. The summed E-state index contributed by atoms with van der Waals surface area (Å²) in [5, 5.41) is 15.2. The van der Waals surface area contributed by atoms with Gasteiger partial charge in [-0.1, -0.05) is 35.1 Å². The van der Waals surface area contributed by atoms with Crippen LogP contribution in [-0.2, 0) is 13.1 Å². The molecule has 1 unspecified atom stereocenters. The largest absolute Gasteiger partial charge is 0.324 e.